The minimum Gasteiger partial charge on any atom is -0.383 e. The lowest BCUT2D eigenvalue weighted by atomic mass is 9.76. The number of methoxy groups -OCH3 is 1. The fourth-order valence-corrected chi connectivity index (χ4v) is 2.30. The summed E-state index contributed by atoms with van der Waals surface area (Å²) >= 11 is 0. The van der Waals surface area contributed by atoms with Crippen LogP contribution >= 0.6 is 0 Å². The van der Waals surface area contributed by atoms with Gasteiger partial charge in [-0.2, -0.15) is 0 Å². The van der Waals surface area contributed by atoms with Gasteiger partial charge in [0.15, 0.2) is 0 Å². The van der Waals surface area contributed by atoms with Gasteiger partial charge in [0.1, 0.15) is 0 Å². The maximum absolute atomic E-state index is 5.07. The smallest absolute Gasteiger partial charge is 0.0587 e. The Balaban J connectivity index is 2.68. The zero-order valence-corrected chi connectivity index (χ0v) is 11.3. The molecule has 0 aliphatic carbocycles. The van der Waals surface area contributed by atoms with Gasteiger partial charge in [0.05, 0.1) is 6.61 Å². The Kier molecular flexibility index (Phi) is 6.23. The zero-order valence-electron chi connectivity index (χ0n) is 11.3. The molecule has 0 aromatic heterocycles. The van der Waals surface area contributed by atoms with Crippen molar-refractivity contribution in [2.75, 3.05) is 26.8 Å². The van der Waals surface area contributed by atoms with Crippen molar-refractivity contribution in [3.05, 3.63) is 35.9 Å². The third kappa shape index (κ3) is 3.83. The Morgan fingerprint density at radius 1 is 1.12 bits per heavy atom. The first-order chi connectivity index (χ1) is 8.29. The second kappa shape index (κ2) is 7.46. The van der Waals surface area contributed by atoms with Crippen LogP contribution in [0.2, 0.25) is 0 Å². The summed E-state index contributed by atoms with van der Waals surface area (Å²) in [5.74, 6) is 0. The van der Waals surface area contributed by atoms with E-state index in [4.69, 9.17) is 4.74 Å². The van der Waals surface area contributed by atoms with Crippen molar-refractivity contribution in [1.82, 2.24) is 5.32 Å². The summed E-state index contributed by atoms with van der Waals surface area (Å²) < 4.78 is 5.07. The van der Waals surface area contributed by atoms with E-state index in [1.165, 1.54) is 5.56 Å². The molecule has 96 valence electrons. The Hall–Kier alpha value is -0.860. The molecule has 0 atom stereocenters. The highest BCUT2D eigenvalue weighted by atomic mass is 16.5. The molecule has 1 N–H and O–H groups in total. The summed E-state index contributed by atoms with van der Waals surface area (Å²) in [5, 5.41) is 3.50. The zero-order chi connectivity index (χ0) is 12.6. The van der Waals surface area contributed by atoms with E-state index in [9.17, 15) is 0 Å². The van der Waals surface area contributed by atoms with Crippen molar-refractivity contribution in [2.24, 2.45) is 0 Å². The average molecular weight is 235 g/mol. The molecule has 0 aliphatic heterocycles. The SMILES string of the molecule is CCC(CC)(CNCCOC)c1ccccc1. The predicted molar refractivity (Wildman–Crippen MR) is 73.4 cm³/mol. The van der Waals surface area contributed by atoms with Gasteiger partial charge in [-0.25, -0.2) is 0 Å². The normalized spacial score (nSPS) is 11.7. The standard InChI is InChI=1S/C15H25NO/c1-4-15(5-2,13-16-11-12-17-3)14-9-7-6-8-10-14/h6-10,16H,4-5,11-13H2,1-3H3. The van der Waals surface area contributed by atoms with E-state index in [1.807, 2.05) is 0 Å². The lowest BCUT2D eigenvalue weighted by molar-refractivity contribution is 0.195. The quantitative estimate of drug-likeness (QED) is 0.699. The van der Waals surface area contributed by atoms with Crippen molar-refractivity contribution in [3.63, 3.8) is 0 Å². The Morgan fingerprint density at radius 2 is 1.76 bits per heavy atom. The van der Waals surface area contributed by atoms with Gasteiger partial charge in [0.2, 0.25) is 0 Å². The molecule has 0 unspecified atom stereocenters. The van der Waals surface area contributed by atoms with Crippen molar-refractivity contribution in [2.45, 2.75) is 32.1 Å². The number of hydrogen-bond acceptors (Lipinski definition) is 2. The number of rotatable bonds is 8. The van der Waals surface area contributed by atoms with Crippen LogP contribution in [0.3, 0.4) is 0 Å². The summed E-state index contributed by atoms with van der Waals surface area (Å²) in [7, 11) is 1.74. The van der Waals surface area contributed by atoms with Crippen LogP contribution < -0.4 is 5.32 Å². The van der Waals surface area contributed by atoms with Crippen molar-refractivity contribution < 1.29 is 4.74 Å². The number of benzene rings is 1. The van der Waals surface area contributed by atoms with Crippen molar-refractivity contribution >= 4 is 0 Å². The average Bonchev–Trinajstić information content (AvgIpc) is 2.41. The first-order valence-electron chi connectivity index (χ1n) is 6.54. The lowest BCUT2D eigenvalue weighted by Gasteiger charge is -2.32. The van der Waals surface area contributed by atoms with Gasteiger partial charge in [-0.1, -0.05) is 44.2 Å². The van der Waals surface area contributed by atoms with Crippen LogP contribution in [-0.2, 0) is 10.2 Å². The number of hydrogen-bond donors (Lipinski definition) is 1. The highest BCUT2D eigenvalue weighted by Crippen LogP contribution is 2.30. The summed E-state index contributed by atoms with van der Waals surface area (Å²) in [6.45, 7) is 7.26. The van der Waals surface area contributed by atoms with Gasteiger partial charge in [-0.3, -0.25) is 0 Å². The van der Waals surface area contributed by atoms with E-state index < -0.39 is 0 Å². The van der Waals surface area contributed by atoms with E-state index in [1.54, 1.807) is 7.11 Å². The van der Waals surface area contributed by atoms with Gasteiger partial charge in [-0.15, -0.1) is 0 Å². The third-order valence-corrected chi connectivity index (χ3v) is 3.69. The molecule has 1 aromatic rings. The monoisotopic (exact) mass is 235 g/mol. The third-order valence-electron chi connectivity index (χ3n) is 3.69. The Morgan fingerprint density at radius 3 is 2.29 bits per heavy atom. The van der Waals surface area contributed by atoms with Crippen LogP contribution in [0.15, 0.2) is 30.3 Å². The van der Waals surface area contributed by atoms with Crippen LogP contribution in [-0.4, -0.2) is 26.8 Å². The highest BCUT2D eigenvalue weighted by molar-refractivity contribution is 5.25. The van der Waals surface area contributed by atoms with Crippen LogP contribution in [0, 0.1) is 0 Å². The molecular formula is C15H25NO. The maximum atomic E-state index is 5.07. The second-order valence-electron chi connectivity index (χ2n) is 4.52. The molecule has 17 heavy (non-hydrogen) atoms. The first kappa shape index (κ1) is 14.2. The molecule has 0 aliphatic rings. The van der Waals surface area contributed by atoms with Gasteiger partial charge in [0, 0.05) is 25.6 Å². The molecule has 0 bridgehead atoms. The van der Waals surface area contributed by atoms with Gasteiger partial charge >= 0.3 is 0 Å². The molecule has 0 saturated heterocycles. The van der Waals surface area contributed by atoms with Gasteiger partial charge in [-0.05, 0) is 18.4 Å². The second-order valence-corrected chi connectivity index (χ2v) is 4.52. The highest BCUT2D eigenvalue weighted by Gasteiger charge is 2.27. The van der Waals surface area contributed by atoms with E-state index in [0.29, 0.717) is 0 Å². The fraction of sp³-hybridized carbons (Fsp3) is 0.600. The minimum absolute atomic E-state index is 0.259. The molecule has 2 nitrogen and oxygen atoms in total. The van der Waals surface area contributed by atoms with Crippen LogP contribution in [0.4, 0.5) is 0 Å². The van der Waals surface area contributed by atoms with E-state index in [2.05, 4.69) is 49.5 Å². The molecule has 0 fully saturated rings. The first-order valence-corrected chi connectivity index (χ1v) is 6.54. The molecule has 0 spiro atoms. The lowest BCUT2D eigenvalue weighted by Crippen LogP contribution is -2.38. The van der Waals surface area contributed by atoms with E-state index in [-0.39, 0.29) is 5.41 Å². The molecular weight excluding hydrogens is 210 g/mol. The summed E-state index contributed by atoms with van der Waals surface area (Å²) in [6.07, 6.45) is 2.32. The van der Waals surface area contributed by atoms with Crippen molar-refractivity contribution in [1.29, 1.82) is 0 Å². The van der Waals surface area contributed by atoms with Crippen molar-refractivity contribution in [3.8, 4) is 0 Å². The van der Waals surface area contributed by atoms with Gasteiger partial charge < -0.3 is 10.1 Å². The Labute approximate surface area is 105 Å². The Bertz CT molecular complexity index is 293. The molecule has 1 rings (SSSR count). The fourth-order valence-electron chi connectivity index (χ4n) is 2.30. The van der Waals surface area contributed by atoms with Gasteiger partial charge in [0.25, 0.3) is 0 Å². The predicted octanol–water partition coefficient (Wildman–Crippen LogP) is 2.98. The molecule has 1 aromatic carbocycles. The van der Waals surface area contributed by atoms with Crippen LogP contribution in [0.5, 0.6) is 0 Å². The largest absolute Gasteiger partial charge is 0.383 e. The topological polar surface area (TPSA) is 21.3 Å². The van der Waals surface area contributed by atoms with Crippen LogP contribution in [0.1, 0.15) is 32.3 Å². The van der Waals surface area contributed by atoms with Crippen LogP contribution in [0.25, 0.3) is 0 Å². The summed E-state index contributed by atoms with van der Waals surface area (Å²) in [5.41, 5.74) is 1.70. The number of nitrogens with one attached hydrogen (secondary N) is 1. The van der Waals surface area contributed by atoms with E-state index in [0.717, 1.165) is 32.5 Å². The molecule has 0 radical (unpaired) electrons. The summed E-state index contributed by atoms with van der Waals surface area (Å²) in [4.78, 5) is 0. The molecule has 0 heterocycles. The molecule has 2 heteroatoms. The summed E-state index contributed by atoms with van der Waals surface area (Å²) in [6, 6.07) is 10.8. The minimum atomic E-state index is 0.259. The number of ether oxygens (including phenoxy) is 1. The molecule has 0 saturated carbocycles. The molecule has 0 amide bonds. The maximum Gasteiger partial charge on any atom is 0.0587 e. The van der Waals surface area contributed by atoms with E-state index >= 15 is 0 Å².